The minimum Gasteiger partial charge on any atom is -0.303 e. The minimum absolute atomic E-state index is 0.0237. The standard InChI is InChI=1S/C10H12O/c1-8-3-5-10(6-4-8)9(2)7-11/h3-7,9H,1-2H3/t9-/m0/s1. The summed E-state index contributed by atoms with van der Waals surface area (Å²) in [6, 6.07) is 8.04. The third kappa shape index (κ3) is 1.90. The molecule has 11 heavy (non-hydrogen) atoms. The van der Waals surface area contributed by atoms with E-state index in [-0.39, 0.29) is 5.92 Å². The van der Waals surface area contributed by atoms with Crippen molar-refractivity contribution in [3.05, 3.63) is 35.4 Å². The number of hydrogen-bond acceptors (Lipinski definition) is 1. The van der Waals surface area contributed by atoms with Gasteiger partial charge in [-0.05, 0) is 12.5 Å². The number of aldehydes is 1. The van der Waals surface area contributed by atoms with E-state index in [4.69, 9.17) is 0 Å². The van der Waals surface area contributed by atoms with Crippen LogP contribution in [0.3, 0.4) is 0 Å². The first-order valence-corrected chi connectivity index (χ1v) is 3.76. The molecule has 0 unspecified atom stereocenters. The summed E-state index contributed by atoms with van der Waals surface area (Å²) in [5.41, 5.74) is 2.32. The maximum Gasteiger partial charge on any atom is 0.127 e. The van der Waals surface area contributed by atoms with Crippen molar-refractivity contribution in [1.82, 2.24) is 0 Å². The summed E-state index contributed by atoms with van der Waals surface area (Å²) in [6.45, 7) is 3.94. The Labute approximate surface area is 67.1 Å². The zero-order chi connectivity index (χ0) is 8.27. The van der Waals surface area contributed by atoms with Crippen molar-refractivity contribution in [1.29, 1.82) is 0 Å². The number of carbonyl (C=O) groups excluding carboxylic acids is 1. The van der Waals surface area contributed by atoms with Gasteiger partial charge in [-0.2, -0.15) is 0 Å². The summed E-state index contributed by atoms with van der Waals surface area (Å²) in [5, 5.41) is 0. The maximum atomic E-state index is 10.4. The second-order valence-corrected chi connectivity index (χ2v) is 2.84. The van der Waals surface area contributed by atoms with Crippen molar-refractivity contribution in [3.8, 4) is 0 Å². The van der Waals surface area contributed by atoms with Crippen LogP contribution < -0.4 is 0 Å². The Hall–Kier alpha value is -1.11. The fourth-order valence-electron chi connectivity index (χ4n) is 0.949. The lowest BCUT2D eigenvalue weighted by Crippen LogP contribution is -1.93. The molecule has 1 atom stereocenters. The molecule has 0 aromatic heterocycles. The highest BCUT2D eigenvalue weighted by molar-refractivity contribution is 5.61. The highest BCUT2D eigenvalue weighted by Crippen LogP contribution is 2.12. The molecule has 0 saturated carbocycles. The third-order valence-electron chi connectivity index (χ3n) is 1.81. The second kappa shape index (κ2) is 3.33. The van der Waals surface area contributed by atoms with E-state index >= 15 is 0 Å². The molecule has 0 saturated heterocycles. The smallest absolute Gasteiger partial charge is 0.127 e. The molecule has 0 aliphatic rings. The Morgan fingerprint density at radius 3 is 2.27 bits per heavy atom. The molecule has 0 aliphatic carbocycles. The molecule has 0 radical (unpaired) electrons. The monoisotopic (exact) mass is 148 g/mol. The van der Waals surface area contributed by atoms with Crippen LogP contribution in [0.15, 0.2) is 24.3 Å². The number of benzene rings is 1. The molecule has 0 spiro atoms. The van der Waals surface area contributed by atoms with Gasteiger partial charge in [0.2, 0.25) is 0 Å². The summed E-state index contributed by atoms with van der Waals surface area (Å²) in [6.07, 6.45) is 0.963. The highest BCUT2D eigenvalue weighted by atomic mass is 16.1. The maximum absolute atomic E-state index is 10.4. The van der Waals surface area contributed by atoms with Gasteiger partial charge >= 0.3 is 0 Å². The lowest BCUT2D eigenvalue weighted by molar-refractivity contribution is -0.108. The highest BCUT2D eigenvalue weighted by Gasteiger charge is 2.00. The molecule has 0 N–H and O–H groups in total. The molecule has 1 aromatic rings. The van der Waals surface area contributed by atoms with Crippen molar-refractivity contribution in [2.75, 3.05) is 0 Å². The van der Waals surface area contributed by atoms with Gasteiger partial charge in [0.25, 0.3) is 0 Å². The van der Waals surface area contributed by atoms with Gasteiger partial charge in [0.05, 0.1) is 0 Å². The predicted octanol–water partition coefficient (Wildman–Crippen LogP) is 2.30. The van der Waals surface area contributed by atoms with E-state index in [1.165, 1.54) is 5.56 Å². The Morgan fingerprint density at radius 2 is 1.82 bits per heavy atom. The van der Waals surface area contributed by atoms with Crippen LogP contribution >= 0.6 is 0 Å². The molecule has 0 fully saturated rings. The Balaban J connectivity index is 2.89. The van der Waals surface area contributed by atoms with Crippen molar-refractivity contribution < 1.29 is 4.79 Å². The van der Waals surface area contributed by atoms with Crippen molar-refractivity contribution in [2.45, 2.75) is 19.8 Å². The van der Waals surface area contributed by atoms with Gasteiger partial charge < -0.3 is 4.79 Å². The fourth-order valence-corrected chi connectivity index (χ4v) is 0.949. The molecule has 1 aromatic carbocycles. The number of carbonyl (C=O) groups is 1. The van der Waals surface area contributed by atoms with Crippen LogP contribution in [-0.4, -0.2) is 6.29 Å². The first-order chi connectivity index (χ1) is 5.24. The number of rotatable bonds is 2. The van der Waals surface area contributed by atoms with Crippen LogP contribution in [0.25, 0.3) is 0 Å². The van der Waals surface area contributed by atoms with Crippen LogP contribution in [0.2, 0.25) is 0 Å². The van der Waals surface area contributed by atoms with Crippen LogP contribution in [-0.2, 0) is 4.79 Å². The molecule has 0 bridgehead atoms. The molecule has 0 heterocycles. The summed E-state index contributed by atoms with van der Waals surface area (Å²) in [7, 11) is 0. The lowest BCUT2D eigenvalue weighted by Gasteiger charge is -2.02. The SMILES string of the molecule is Cc1ccc([C@@H](C)C=O)cc1. The fraction of sp³-hybridized carbons (Fsp3) is 0.300. The summed E-state index contributed by atoms with van der Waals surface area (Å²) in [4.78, 5) is 10.4. The van der Waals surface area contributed by atoms with Crippen LogP contribution in [0.1, 0.15) is 24.0 Å². The molecule has 1 heteroatoms. The van der Waals surface area contributed by atoms with E-state index in [0.29, 0.717) is 0 Å². The van der Waals surface area contributed by atoms with Gasteiger partial charge in [-0.1, -0.05) is 36.8 Å². The Morgan fingerprint density at radius 1 is 1.27 bits per heavy atom. The number of hydrogen-bond donors (Lipinski definition) is 0. The molecule has 1 nitrogen and oxygen atoms in total. The van der Waals surface area contributed by atoms with E-state index in [1.807, 2.05) is 38.1 Å². The zero-order valence-corrected chi connectivity index (χ0v) is 6.87. The molecular formula is C10H12O. The molecule has 58 valence electrons. The largest absolute Gasteiger partial charge is 0.303 e. The molecular weight excluding hydrogens is 136 g/mol. The van der Waals surface area contributed by atoms with Gasteiger partial charge in [-0.15, -0.1) is 0 Å². The summed E-state index contributed by atoms with van der Waals surface area (Å²) in [5.74, 6) is 0.0237. The molecule has 0 aliphatic heterocycles. The van der Waals surface area contributed by atoms with Crippen LogP contribution in [0, 0.1) is 6.92 Å². The predicted molar refractivity (Wildman–Crippen MR) is 45.7 cm³/mol. The van der Waals surface area contributed by atoms with Crippen molar-refractivity contribution in [2.24, 2.45) is 0 Å². The van der Waals surface area contributed by atoms with Gasteiger partial charge in [-0.25, -0.2) is 0 Å². The average Bonchev–Trinajstić information content (AvgIpc) is 2.05. The Kier molecular flexibility index (Phi) is 2.42. The lowest BCUT2D eigenvalue weighted by atomic mass is 10.0. The van der Waals surface area contributed by atoms with E-state index < -0.39 is 0 Å². The van der Waals surface area contributed by atoms with Gasteiger partial charge in [-0.3, -0.25) is 0 Å². The first kappa shape index (κ1) is 7.99. The third-order valence-corrected chi connectivity index (χ3v) is 1.81. The topological polar surface area (TPSA) is 17.1 Å². The number of aryl methyl sites for hydroxylation is 1. The summed E-state index contributed by atoms with van der Waals surface area (Å²) >= 11 is 0. The minimum atomic E-state index is 0.0237. The van der Waals surface area contributed by atoms with E-state index in [9.17, 15) is 4.79 Å². The van der Waals surface area contributed by atoms with Crippen molar-refractivity contribution in [3.63, 3.8) is 0 Å². The van der Waals surface area contributed by atoms with Crippen molar-refractivity contribution >= 4 is 6.29 Å². The molecule has 1 rings (SSSR count). The second-order valence-electron chi connectivity index (χ2n) is 2.84. The quantitative estimate of drug-likeness (QED) is 0.588. The Bertz CT molecular complexity index is 236. The normalized spacial score (nSPS) is 12.5. The van der Waals surface area contributed by atoms with Crippen LogP contribution in [0.5, 0.6) is 0 Å². The average molecular weight is 148 g/mol. The summed E-state index contributed by atoms with van der Waals surface area (Å²) < 4.78 is 0. The van der Waals surface area contributed by atoms with Crippen LogP contribution in [0.4, 0.5) is 0 Å². The van der Waals surface area contributed by atoms with Gasteiger partial charge in [0.15, 0.2) is 0 Å². The van der Waals surface area contributed by atoms with E-state index in [1.54, 1.807) is 0 Å². The first-order valence-electron chi connectivity index (χ1n) is 3.76. The van der Waals surface area contributed by atoms with E-state index in [0.717, 1.165) is 11.8 Å². The van der Waals surface area contributed by atoms with Gasteiger partial charge in [0, 0.05) is 5.92 Å². The van der Waals surface area contributed by atoms with Gasteiger partial charge in [0.1, 0.15) is 6.29 Å². The zero-order valence-electron chi connectivity index (χ0n) is 6.87. The van der Waals surface area contributed by atoms with E-state index in [2.05, 4.69) is 0 Å². The molecule has 0 amide bonds.